The van der Waals surface area contributed by atoms with Gasteiger partial charge in [0.15, 0.2) is 0 Å². The summed E-state index contributed by atoms with van der Waals surface area (Å²) >= 11 is 0. The van der Waals surface area contributed by atoms with E-state index in [0.29, 0.717) is 29.2 Å². The van der Waals surface area contributed by atoms with Crippen molar-refractivity contribution < 1.29 is 14.3 Å². The van der Waals surface area contributed by atoms with Crippen LogP contribution in [0.2, 0.25) is 0 Å². The Balaban J connectivity index is 1.65. The lowest BCUT2D eigenvalue weighted by Crippen LogP contribution is -2.23. The zero-order chi connectivity index (χ0) is 19.1. The number of ether oxygens (including phenoxy) is 1. The van der Waals surface area contributed by atoms with E-state index in [1.165, 1.54) is 13.3 Å². The number of anilines is 2. The van der Waals surface area contributed by atoms with E-state index in [2.05, 4.69) is 20.6 Å². The van der Waals surface area contributed by atoms with Gasteiger partial charge in [0.2, 0.25) is 0 Å². The quantitative estimate of drug-likeness (QED) is 0.655. The molecular weight excluding hydrogens is 344 g/mol. The number of esters is 1. The Hall–Kier alpha value is -3.74. The third-order valence-electron chi connectivity index (χ3n) is 3.81. The minimum atomic E-state index is -0.432. The molecule has 0 unspecified atom stereocenters. The number of methoxy groups -OCH3 is 1. The summed E-state index contributed by atoms with van der Waals surface area (Å²) in [6.07, 6.45) is 4.88. The van der Waals surface area contributed by atoms with E-state index in [-0.39, 0.29) is 5.91 Å². The highest BCUT2D eigenvalue weighted by Gasteiger charge is 2.12. The Labute approximate surface area is 156 Å². The number of hydrogen-bond donors (Lipinski definition) is 2. The van der Waals surface area contributed by atoms with Gasteiger partial charge in [0, 0.05) is 18.9 Å². The molecule has 0 atom stereocenters. The molecule has 7 nitrogen and oxygen atoms in total. The molecule has 7 heteroatoms. The van der Waals surface area contributed by atoms with Crippen molar-refractivity contribution in [3.05, 3.63) is 83.9 Å². The number of rotatable bonds is 6. The lowest BCUT2D eigenvalue weighted by molar-refractivity contribution is 0.0601. The summed E-state index contributed by atoms with van der Waals surface area (Å²) in [5.74, 6) is -0.702. The number of carbonyl (C=O) groups excluding carboxylic acids is 2. The minimum Gasteiger partial charge on any atom is -0.465 e. The van der Waals surface area contributed by atoms with Gasteiger partial charge >= 0.3 is 5.97 Å². The van der Waals surface area contributed by atoms with E-state index < -0.39 is 5.97 Å². The second-order valence-corrected chi connectivity index (χ2v) is 5.63. The summed E-state index contributed by atoms with van der Waals surface area (Å²) in [6, 6.07) is 14.0. The number of carbonyl (C=O) groups is 2. The molecule has 2 heterocycles. The number of nitrogens with one attached hydrogen (secondary N) is 2. The Morgan fingerprint density at radius 2 is 1.81 bits per heavy atom. The van der Waals surface area contributed by atoms with Gasteiger partial charge in [-0.05, 0) is 42.0 Å². The molecule has 0 bridgehead atoms. The molecule has 1 amide bonds. The number of benzene rings is 1. The Bertz CT molecular complexity index is 927. The summed E-state index contributed by atoms with van der Waals surface area (Å²) in [5.41, 5.74) is 2.92. The maximum absolute atomic E-state index is 12.2. The number of nitrogens with zero attached hydrogens (tertiary/aromatic N) is 2. The molecule has 0 aliphatic rings. The van der Waals surface area contributed by atoms with Crippen molar-refractivity contribution in [2.75, 3.05) is 12.4 Å². The number of para-hydroxylation sites is 1. The van der Waals surface area contributed by atoms with Crippen molar-refractivity contribution in [3.8, 4) is 0 Å². The lowest BCUT2D eigenvalue weighted by Gasteiger charge is -2.11. The normalized spacial score (nSPS) is 10.1. The van der Waals surface area contributed by atoms with Gasteiger partial charge in [0.25, 0.3) is 5.91 Å². The summed E-state index contributed by atoms with van der Waals surface area (Å²) in [5, 5.41) is 5.91. The van der Waals surface area contributed by atoms with Gasteiger partial charge in [-0.1, -0.05) is 12.1 Å². The lowest BCUT2D eigenvalue weighted by atomic mass is 10.1. The van der Waals surface area contributed by atoms with E-state index in [9.17, 15) is 9.59 Å². The van der Waals surface area contributed by atoms with E-state index in [1.54, 1.807) is 42.7 Å². The summed E-state index contributed by atoms with van der Waals surface area (Å²) in [7, 11) is 1.33. The Morgan fingerprint density at radius 3 is 2.52 bits per heavy atom. The zero-order valence-electron chi connectivity index (χ0n) is 14.7. The molecule has 136 valence electrons. The monoisotopic (exact) mass is 362 g/mol. The highest BCUT2D eigenvalue weighted by atomic mass is 16.5. The summed E-state index contributed by atoms with van der Waals surface area (Å²) in [4.78, 5) is 32.1. The van der Waals surface area contributed by atoms with Crippen LogP contribution in [-0.2, 0) is 11.3 Å². The van der Waals surface area contributed by atoms with Crippen LogP contribution in [0.5, 0.6) is 0 Å². The van der Waals surface area contributed by atoms with Crippen molar-refractivity contribution >= 4 is 23.3 Å². The van der Waals surface area contributed by atoms with E-state index >= 15 is 0 Å². The molecule has 2 N–H and O–H groups in total. The van der Waals surface area contributed by atoms with Crippen LogP contribution in [0.3, 0.4) is 0 Å². The fourth-order valence-electron chi connectivity index (χ4n) is 2.41. The van der Waals surface area contributed by atoms with Gasteiger partial charge in [0.05, 0.1) is 30.2 Å². The molecule has 1 aromatic carbocycles. The predicted octanol–water partition coefficient (Wildman–Crippen LogP) is 2.94. The van der Waals surface area contributed by atoms with E-state index in [1.807, 2.05) is 18.2 Å². The first-order valence-corrected chi connectivity index (χ1v) is 8.25. The second kappa shape index (κ2) is 8.57. The first kappa shape index (κ1) is 18.1. The maximum Gasteiger partial charge on any atom is 0.339 e. The Morgan fingerprint density at radius 1 is 1.04 bits per heavy atom. The van der Waals surface area contributed by atoms with Crippen LogP contribution in [0.4, 0.5) is 11.4 Å². The van der Waals surface area contributed by atoms with E-state index in [4.69, 9.17) is 4.74 Å². The molecule has 2 aromatic heterocycles. The third kappa shape index (κ3) is 4.66. The van der Waals surface area contributed by atoms with Crippen LogP contribution in [0.25, 0.3) is 0 Å². The fourth-order valence-corrected chi connectivity index (χ4v) is 2.41. The molecule has 0 radical (unpaired) electrons. The SMILES string of the molecule is COC(=O)c1ccccc1Nc1ccc(C(=O)NCc2ccncc2)nc1. The van der Waals surface area contributed by atoms with Crippen molar-refractivity contribution in [3.63, 3.8) is 0 Å². The van der Waals surface area contributed by atoms with Gasteiger partial charge in [-0.2, -0.15) is 0 Å². The molecule has 0 aliphatic heterocycles. The van der Waals surface area contributed by atoms with Crippen LogP contribution in [0.1, 0.15) is 26.4 Å². The van der Waals surface area contributed by atoms with Gasteiger partial charge in [-0.15, -0.1) is 0 Å². The van der Waals surface area contributed by atoms with Crippen molar-refractivity contribution in [1.82, 2.24) is 15.3 Å². The standard InChI is InChI=1S/C20H18N4O3/c1-27-20(26)16-4-2-3-5-17(16)24-15-6-7-18(22-13-15)19(25)23-12-14-8-10-21-11-9-14/h2-11,13,24H,12H2,1H3,(H,23,25). The van der Waals surface area contributed by atoms with Gasteiger partial charge in [0.1, 0.15) is 5.69 Å². The van der Waals surface area contributed by atoms with Crippen LogP contribution >= 0.6 is 0 Å². The second-order valence-electron chi connectivity index (χ2n) is 5.63. The molecule has 0 saturated heterocycles. The van der Waals surface area contributed by atoms with Crippen LogP contribution in [0, 0.1) is 0 Å². The minimum absolute atomic E-state index is 0.270. The van der Waals surface area contributed by atoms with Crippen LogP contribution in [-0.4, -0.2) is 29.0 Å². The fraction of sp³-hybridized carbons (Fsp3) is 0.100. The summed E-state index contributed by atoms with van der Waals surface area (Å²) in [6.45, 7) is 0.398. The van der Waals surface area contributed by atoms with E-state index in [0.717, 1.165) is 5.56 Å². The van der Waals surface area contributed by atoms with Crippen LogP contribution < -0.4 is 10.6 Å². The first-order chi connectivity index (χ1) is 13.2. The Kier molecular flexibility index (Phi) is 5.73. The number of aromatic nitrogens is 2. The molecule has 3 aromatic rings. The predicted molar refractivity (Wildman–Crippen MR) is 101 cm³/mol. The average molecular weight is 362 g/mol. The molecule has 0 fully saturated rings. The maximum atomic E-state index is 12.2. The van der Waals surface area contributed by atoms with Crippen molar-refractivity contribution in [2.24, 2.45) is 0 Å². The molecule has 27 heavy (non-hydrogen) atoms. The molecule has 0 spiro atoms. The largest absolute Gasteiger partial charge is 0.465 e. The molecular formula is C20H18N4O3. The van der Waals surface area contributed by atoms with Gasteiger partial charge in [-0.3, -0.25) is 9.78 Å². The zero-order valence-corrected chi connectivity index (χ0v) is 14.7. The smallest absolute Gasteiger partial charge is 0.339 e. The molecule has 3 rings (SSSR count). The topological polar surface area (TPSA) is 93.2 Å². The highest BCUT2D eigenvalue weighted by Crippen LogP contribution is 2.21. The number of pyridine rings is 2. The van der Waals surface area contributed by atoms with Gasteiger partial charge < -0.3 is 15.4 Å². The third-order valence-corrected chi connectivity index (χ3v) is 3.81. The number of amides is 1. The van der Waals surface area contributed by atoms with Crippen LogP contribution in [0.15, 0.2) is 67.1 Å². The molecule has 0 aliphatic carbocycles. The van der Waals surface area contributed by atoms with Crippen molar-refractivity contribution in [1.29, 1.82) is 0 Å². The average Bonchev–Trinajstić information content (AvgIpc) is 2.73. The molecule has 0 saturated carbocycles. The number of hydrogen-bond acceptors (Lipinski definition) is 6. The van der Waals surface area contributed by atoms with Crippen molar-refractivity contribution in [2.45, 2.75) is 6.54 Å². The highest BCUT2D eigenvalue weighted by molar-refractivity contribution is 5.96. The van der Waals surface area contributed by atoms with Gasteiger partial charge in [-0.25, -0.2) is 9.78 Å². The first-order valence-electron chi connectivity index (χ1n) is 8.25. The summed E-state index contributed by atoms with van der Waals surface area (Å²) < 4.78 is 4.78.